The van der Waals surface area contributed by atoms with Crippen LogP contribution in [-0.4, -0.2) is 19.0 Å². The quantitative estimate of drug-likeness (QED) is 0.784. The molecular formula is C17H12O6. The number of fused-ring (bicyclic) bond motifs is 2. The van der Waals surface area contributed by atoms with E-state index in [2.05, 4.69) is 0 Å². The number of ether oxygens (including phenoxy) is 3. The molecule has 23 heavy (non-hydrogen) atoms. The third-order valence-electron chi connectivity index (χ3n) is 3.74. The highest BCUT2D eigenvalue weighted by Gasteiger charge is 2.25. The zero-order valence-electron chi connectivity index (χ0n) is 12.2. The van der Waals surface area contributed by atoms with Gasteiger partial charge in [-0.25, -0.2) is 0 Å². The van der Waals surface area contributed by atoms with Crippen LogP contribution in [0.4, 0.5) is 0 Å². The Morgan fingerprint density at radius 3 is 2.70 bits per heavy atom. The smallest absolute Gasteiger partial charge is 0.231 e. The summed E-state index contributed by atoms with van der Waals surface area (Å²) in [5.41, 5.74) is 1.12. The van der Waals surface area contributed by atoms with E-state index in [0.29, 0.717) is 39.3 Å². The van der Waals surface area contributed by atoms with Crippen LogP contribution in [0.1, 0.15) is 0 Å². The lowest BCUT2D eigenvalue weighted by Crippen LogP contribution is -2.06. The zero-order chi connectivity index (χ0) is 16.0. The minimum atomic E-state index is -0.243. The first-order valence-corrected chi connectivity index (χ1v) is 6.90. The van der Waals surface area contributed by atoms with Crippen LogP contribution in [0.25, 0.3) is 22.1 Å². The van der Waals surface area contributed by atoms with Crippen molar-refractivity contribution >= 4 is 11.0 Å². The second-order valence-electron chi connectivity index (χ2n) is 5.04. The lowest BCUT2D eigenvalue weighted by atomic mass is 10.0. The van der Waals surface area contributed by atoms with E-state index < -0.39 is 0 Å². The molecule has 1 aliphatic heterocycles. The molecule has 0 atom stereocenters. The monoisotopic (exact) mass is 312 g/mol. The Balaban J connectivity index is 2.03. The molecule has 0 unspecified atom stereocenters. The van der Waals surface area contributed by atoms with Gasteiger partial charge in [-0.1, -0.05) is 12.1 Å². The maximum Gasteiger partial charge on any atom is 0.231 e. The second kappa shape index (κ2) is 4.95. The van der Waals surface area contributed by atoms with Gasteiger partial charge in [0.1, 0.15) is 23.0 Å². The van der Waals surface area contributed by atoms with E-state index in [4.69, 9.17) is 18.6 Å². The molecule has 2 aromatic carbocycles. The van der Waals surface area contributed by atoms with Crippen LogP contribution < -0.4 is 19.6 Å². The van der Waals surface area contributed by atoms with Crippen molar-refractivity contribution < 1.29 is 23.7 Å². The molecule has 1 aromatic heterocycles. The molecule has 6 nitrogen and oxygen atoms in total. The van der Waals surface area contributed by atoms with Gasteiger partial charge in [0.25, 0.3) is 0 Å². The summed E-state index contributed by atoms with van der Waals surface area (Å²) < 4.78 is 21.7. The first kappa shape index (κ1) is 13.5. The fraction of sp³-hybridized carbons (Fsp3) is 0.118. The summed E-state index contributed by atoms with van der Waals surface area (Å²) in [6.07, 6.45) is 1.39. The Kier molecular flexibility index (Phi) is 2.90. The second-order valence-corrected chi connectivity index (χ2v) is 5.04. The fourth-order valence-corrected chi connectivity index (χ4v) is 2.64. The van der Waals surface area contributed by atoms with E-state index in [1.165, 1.54) is 25.5 Å². The lowest BCUT2D eigenvalue weighted by Gasteiger charge is -2.09. The van der Waals surface area contributed by atoms with E-state index in [-0.39, 0.29) is 18.0 Å². The van der Waals surface area contributed by atoms with Crippen LogP contribution in [0.3, 0.4) is 0 Å². The first-order chi connectivity index (χ1) is 11.2. The van der Waals surface area contributed by atoms with Gasteiger partial charge in [0.15, 0.2) is 11.5 Å². The summed E-state index contributed by atoms with van der Waals surface area (Å²) in [7, 11) is 1.46. The maximum atomic E-state index is 12.9. The number of benzene rings is 2. The van der Waals surface area contributed by atoms with Crippen LogP contribution in [-0.2, 0) is 0 Å². The molecule has 0 saturated heterocycles. The van der Waals surface area contributed by atoms with Crippen LogP contribution in [0.5, 0.6) is 23.0 Å². The SMILES string of the molecule is COc1c2c(cc3occ(-c4ccc(O)cc4)c(=O)c13)OCO2. The van der Waals surface area contributed by atoms with Gasteiger partial charge in [0.2, 0.25) is 18.0 Å². The summed E-state index contributed by atoms with van der Waals surface area (Å²) in [5, 5.41) is 9.67. The van der Waals surface area contributed by atoms with Crippen molar-refractivity contribution in [1.82, 2.24) is 0 Å². The molecule has 1 N–H and O–H groups in total. The average molecular weight is 312 g/mol. The Bertz CT molecular complexity index is 955. The van der Waals surface area contributed by atoms with Crippen LogP contribution in [0.15, 0.2) is 45.8 Å². The highest BCUT2D eigenvalue weighted by Crippen LogP contribution is 2.45. The molecule has 0 aliphatic carbocycles. The molecule has 2 heterocycles. The van der Waals surface area contributed by atoms with Gasteiger partial charge in [-0.2, -0.15) is 0 Å². The van der Waals surface area contributed by atoms with E-state index in [1.54, 1.807) is 18.2 Å². The largest absolute Gasteiger partial charge is 0.508 e. The molecule has 0 bridgehead atoms. The molecule has 3 aromatic rings. The van der Waals surface area contributed by atoms with Crippen molar-refractivity contribution in [2.45, 2.75) is 0 Å². The van der Waals surface area contributed by atoms with Gasteiger partial charge >= 0.3 is 0 Å². The van der Waals surface area contributed by atoms with E-state index in [1.807, 2.05) is 0 Å². The lowest BCUT2D eigenvalue weighted by molar-refractivity contribution is 0.171. The van der Waals surface area contributed by atoms with Crippen molar-refractivity contribution in [3.8, 4) is 34.1 Å². The third kappa shape index (κ3) is 1.99. The standard InChI is InChI=1S/C17H12O6/c1-20-17-14-12(6-13-16(17)23-8-22-13)21-7-11(15(14)19)9-2-4-10(18)5-3-9/h2-7,18H,8H2,1H3. The number of phenols is 1. The first-order valence-electron chi connectivity index (χ1n) is 6.90. The van der Waals surface area contributed by atoms with Crippen LogP contribution >= 0.6 is 0 Å². The molecule has 0 saturated carbocycles. The highest BCUT2D eigenvalue weighted by atomic mass is 16.7. The summed E-state index contributed by atoms with van der Waals surface area (Å²) in [4.78, 5) is 12.9. The summed E-state index contributed by atoms with van der Waals surface area (Å²) in [5.74, 6) is 1.30. The van der Waals surface area contributed by atoms with E-state index in [0.717, 1.165) is 0 Å². The highest BCUT2D eigenvalue weighted by molar-refractivity contribution is 5.91. The molecule has 4 rings (SSSR count). The van der Waals surface area contributed by atoms with Crippen molar-refractivity contribution in [3.63, 3.8) is 0 Å². The Morgan fingerprint density at radius 2 is 1.96 bits per heavy atom. The van der Waals surface area contributed by atoms with Crippen molar-refractivity contribution in [3.05, 3.63) is 46.8 Å². The Labute approximate surface area is 130 Å². The van der Waals surface area contributed by atoms with Gasteiger partial charge in [-0.3, -0.25) is 4.79 Å². The number of hydrogen-bond donors (Lipinski definition) is 1. The van der Waals surface area contributed by atoms with Crippen molar-refractivity contribution in [1.29, 1.82) is 0 Å². The third-order valence-corrected chi connectivity index (χ3v) is 3.74. The van der Waals surface area contributed by atoms with Crippen molar-refractivity contribution in [2.75, 3.05) is 13.9 Å². The Hall–Kier alpha value is -3.15. The van der Waals surface area contributed by atoms with Gasteiger partial charge < -0.3 is 23.7 Å². The molecule has 0 amide bonds. The predicted molar refractivity (Wildman–Crippen MR) is 82.3 cm³/mol. The maximum absolute atomic E-state index is 12.9. The fourth-order valence-electron chi connectivity index (χ4n) is 2.64. The van der Waals surface area contributed by atoms with Crippen LogP contribution in [0.2, 0.25) is 0 Å². The predicted octanol–water partition coefficient (Wildman–Crippen LogP) is 2.90. The number of rotatable bonds is 2. The van der Waals surface area contributed by atoms with Gasteiger partial charge in [-0.05, 0) is 17.7 Å². The molecule has 6 heteroatoms. The summed E-state index contributed by atoms with van der Waals surface area (Å²) >= 11 is 0. The van der Waals surface area contributed by atoms with Gasteiger partial charge in [0.05, 0.1) is 12.7 Å². The zero-order valence-corrected chi connectivity index (χ0v) is 12.2. The van der Waals surface area contributed by atoms with Gasteiger partial charge in [-0.15, -0.1) is 0 Å². The molecule has 0 spiro atoms. The Morgan fingerprint density at radius 1 is 1.17 bits per heavy atom. The molecule has 0 radical (unpaired) electrons. The van der Waals surface area contributed by atoms with Crippen LogP contribution in [0, 0.1) is 0 Å². The molecule has 1 aliphatic rings. The normalized spacial score (nSPS) is 12.6. The topological polar surface area (TPSA) is 78.1 Å². The number of methoxy groups -OCH3 is 1. The molecule has 0 fully saturated rings. The van der Waals surface area contributed by atoms with E-state index in [9.17, 15) is 9.90 Å². The molecule has 116 valence electrons. The molecular weight excluding hydrogens is 300 g/mol. The number of phenolic OH excluding ortho intramolecular Hbond substituents is 1. The minimum absolute atomic E-state index is 0.0705. The van der Waals surface area contributed by atoms with Crippen molar-refractivity contribution in [2.24, 2.45) is 0 Å². The minimum Gasteiger partial charge on any atom is -0.508 e. The number of aromatic hydroxyl groups is 1. The van der Waals surface area contributed by atoms with E-state index >= 15 is 0 Å². The van der Waals surface area contributed by atoms with Gasteiger partial charge in [0, 0.05) is 6.07 Å². The summed E-state index contributed by atoms with van der Waals surface area (Å²) in [6, 6.07) is 7.92. The average Bonchev–Trinajstić information content (AvgIpc) is 3.02. The number of hydrogen-bond acceptors (Lipinski definition) is 6. The summed E-state index contributed by atoms with van der Waals surface area (Å²) in [6.45, 7) is 0.0705.